The van der Waals surface area contributed by atoms with E-state index >= 15 is 0 Å². The molecule has 5 nitrogen and oxygen atoms in total. The van der Waals surface area contributed by atoms with Gasteiger partial charge in [0.25, 0.3) is 0 Å². The number of aryl methyl sites for hydroxylation is 1. The molecule has 1 unspecified atom stereocenters. The first-order valence-corrected chi connectivity index (χ1v) is 7.99. The van der Waals surface area contributed by atoms with Crippen LogP contribution in [0.25, 0.3) is 0 Å². The number of hydrogen-bond acceptors (Lipinski definition) is 5. The first-order valence-electron chi connectivity index (χ1n) is 6.89. The second kappa shape index (κ2) is 10.7. The summed E-state index contributed by atoms with van der Waals surface area (Å²) in [5.74, 6) is 0.742. The van der Waals surface area contributed by atoms with E-state index in [-0.39, 0.29) is 13.2 Å². The molecule has 1 aromatic rings. The van der Waals surface area contributed by atoms with Gasteiger partial charge < -0.3 is 4.74 Å². The largest absolute Gasteiger partial charge is 0.728 e. The minimum atomic E-state index is -2.45. The van der Waals surface area contributed by atoms with Crippen molar-refractivity contribution < 1.29 is 23.8 Å². The van der Waals surface area contributed by atoms with Crippen LogP contribution in [0.5, 0.6) is 5.75 Å². The van der Waals surface area contributed by atoms with Gasteiger partial charge in [-0.25, -0.2) is 5.26 Å². The zero-order chi connectivity index (χ0) is 14.6. The molecule has 0 aromatic heterocycles. The third-order valence-corrected chi connectivity index (χ3v) is 3.38. The Morgan fingerprint density at radius 2 is 1.85 bits per heavy atom. The van der Waals surface area contributed by atoms with Gasteiger partial charge in [-0.1, -0.05) is 38.3 Å². The molecule has 1 rings (SSSR count). The molecule has 0 heterocycles. The highest BCUT2D eigenvalue weighted by molar-refractivity contribution is 7.33. The van der Waals surface area contributed by atoms with E-state index in [1.807, 2.05) is 12.1 Å². The molecule has 0 saturated heterocycles. The predicted octanol–water partition coefficient (Wildman–Crippen LogP) is 4.35. The Labute approximate surface area is 120 Å². The highest BCUT2D eigenvalue weighted by Gasteiger charge is 2.18. The van der Waals surface area contributed by atoms with Crippen LogP contribution in [-0.4, -0.2) is 18.5 Å². The summed E-state index contributed by atoms with van der Waals surface area (Å²) >= 11 is 0. The van der Waals surface area contributed by atoms with Gasteiger partial charge >= 0.3 is 8.25 Å². The average molecular weight is 301 g/mol. The van der Waals surface area contributed by atoms with Gasteiger partial charge in [0.1, 0.15) is 19.0 Å². The molecule has 0 aliphatic carbocycles. The first-order chi connectivity index (χ1) is 9.76. The summed E-state index contributed by atoms with van der Waals surface area (Å²) in [4.78, 5) is 0. The standard InChI is InChI=1S/C14H21O5P/c1-2-3-4-5-6-13-7-9-14(10-8-13)17-11-12-18-20(16)19-15/h7-10H,2-6,11-12H2,1H3/p+1. The van der Waals surface area contributed by atoms with Gasteiger partial charge in [-0.2, -0.15) is 0 Å². The highest BCUT2D eigenvalue weighted by atomic mass is 31.1. The minimum Gasteiger partial charge on any atom is -0.491 e. The molecular weight excluding hydrogens is 279 g/mol. The summed E-state index contributed by atoms with van der Waals surface area (Å²) in [6.45, 7) is 2.55. The quantitative estimate of drug-likeness (QED) is 0.285. The Kier molecular flexibility index (Phi) is 9.16. The van der Waals surface area contributed by atoms with Crippen LogP contribution in [0, 0.1) is 0 Å². The lowest BCUT2D eigenvalue weighted by Gasteiger charge is -2.05. The van der Waals surface area contributed by atoms with Crippen molar-refractivity contribution in [3.63, 3.8) is 0 Å². The van der Waals surface area contributed by atoms with Crippen LogP contribution in [0.2, 0.25) is 0 Å². The molecule has 20 heavy (non-hydrogen) atoms. The molecule has 1 N–H and O–H groups in total. The Balaban J connectivity index is 2.19. The number of rotatable bonds is 11. The summed E-state index contributed by atoms with van der Waals surface area (Å²) in [5.41, 5.74) is 1.31. The van der Waals surface area contributed by atoms with E-state index in [2.05, 4.69) is 28.3 Å². The van der Waals surface area contributed by atoms with E-state index in [0.29, 0.717) is 0 Å². The summed E-state index contributed by atoms with van der Waals surface area (Å²) in [6.07, 6.45) is 6.13. The van der Waals surface area contributed by atoms with Gasteiger partial charge in [-0.15, -0.1) is 4.52 Å². The average Bonchev–Trinajstić information content (AvgIpc) is 2.49. The van der Waals surface area contributed by atoms with Crippen LogP contribution in [0.1, 0.15) is 38.2 Å². The molecule has 0 spiro atoms. The number of ether oxygens (including phenoxy) is 1. The lowest BCUT2D eigenvalue weighted by Crippen LogP contribution is -2.03. The predicted molar refractivity (Wildman–Crippen MR) is 77.1 cm³/mol. The van der Waals surface area contributed by atoms with Crippen molar-refractivity contribution in [2.45, 2.75) is 39.0 Å². The van der Waals surface area contributed by atoms with E-state index in [1.54, 1.807) is 0 Å². The fraction of sp³-hybridized carbons (Fsp3) is 0.571. The van der Waals surface area contributed by atoms with E-state index in [1.165, 1.54) is 31.2 Å². The maximum Gasteiger partial charge on any atom is 0.728 e. The third-order valence-electron chi connectivity index (χ3n) is 2.86. The third kappa shape index (κ3) is 7.56. The SMILES string of the molecule is CCCCCCc1ccc(OCCO[P+](=O)OO)cc1. The van der Waals surface area contributed by atoms with E-state index < -0.39 is 8.25 Å². The van der Waals surface area contributed by atoms with E-state index in [9.17, 15) is 4.57 Å². The van der Waals surface area contributed by atoms with Crippen LogP contribution < -0.4 is 4.74 Å². The topological polar surface area (TPSA) is 65.0 Å². The van der Waals surface area contributed by atoms with Crippen molar-refractivity contribution in [2.75, 3.05) is 13.2 Å². The molecule has 0 aliphatic rings. The van der Waals surface area contributed by atoms with Crippen molar-refractivity contribution in [2.24, 2.45) is 0 Å². The molecule has 0 saturated carbocycles. The number of unbranched alkanes of at least 4 members (excludes halogenated alkanes) is 3. The second-order valence-electron chi connectivity index (χ2n) is 4.44. The van der Waals surface area contributed by atoms with Crippen molar-refractivity contribution in [1.82, 2.24) is 0 Å². The molecule has 1 aromatic carbocycles. The fourth-order valence-corrected chi connectivity index (χ4v) is 2.07. The van der Waals surface area contributed by atoms with E-state index in [4.69, 9.17) is 9.99 Å². The van der Waals surface area contributed by atoms with Crippen molar-refractivity contribution in [3.8, 4) is 5.75 Å². The van der Waals surface area contributed by atoms with Crippen molar-refractivity contribution in [1.29, 1.82) is 0 Å². The first kappa shape index (κ1) is 17.1. The number of hydrogen-bond donors (Lipinski definition) is 1. The lowest BCUT2D eigenvalue weighted by molar-refractivity contribution is -0.142. The Bertz CT molecular complexity index is 380. The molecule has 112 valence electrons. The maximum absolute atomic E-state index is 10.6. The van der Waals surface area contributed by atoms with Crippen molar-refractivity contribution in [3.05, 3.63) is 29.8 Å². The smallest absolute Gasteiger partial charge is 0.491 e. The van der Waals surface area contributed by atoms with Gasteiger partial charge in [0.05, 0.1) is 4.67 Å². The Morgan fingerprint density at radius 1 is 1.10 bits per heavy atom. The summed E-state index contributed by atoms with van der Waals surface area (Å²) in [5, 5.41) is 8.04. The van der Waals surface area contributed by atoms with Gasteiger partial charge in [0, 0.05) is 4.57 Å². The van der Waals surface area contributed by atoms with E-state index in [0.717, 1.165) is 12.2 Å². The molecule has 0 bridgehead atoms. The van der Waals surface area contributed by atoms with Gasteiger partial charge in [0.15, 0.2) is 0 Å². The highest BCUT2D eigenvalue weighted by Crippen LogP contribution is 2.21. The minimum absolute atomic E-state index is 0.0918. The van der Waals surface area contributed by atoms with Crippen LogP contribution >= 0.6 is 8.25 Å². The Hall–Kier alpha value is -1.00. The zero-order valence-corrected chi connectivity index (χ0v) is 12.7. The summed E-state index contributed by atoms with van der Waals surface area (Å²) < 4.78 is 24.2. The van der Waals surface area contributed by atoms with Gasteiger partial charge in [0.2, 0.25) is 0 Å². The normalized spacial score (nSPS) is 11.4. The lowest BCUT2D eigenvalue weighted by atomic mass is 10.1. The van der Waals surface area contributed by atoms with Crippen LogP contribution in [0.15, 0.2) is 24.3 Å². The molecule has 0 amide bonds. The molecule has 0 fully saturated rings. The fourth-order valence-electron chi connectivity index (χ4n) is 1.80. The molecular formula is C14H22O5P+. The molecule has 0 aliphatic heterocycles. The zero-order valence-electron chi connectivity index (χ0n) is 11.8. The van der Waals surface area contributed by atoms with Crippen LogP contribution in [-0.2, 0) is 20.2 Å². The van der Waals surface area contributed by atoms with Crippen LogP contribution in [0.4, 0.5) is 0 Å². The molecule has 1 atom stereocenters. The maximum atomic E-state index is 10.6. The van der Waals surface area contributed by atoms with Crippen LogP contribution in [0.3, 0.4) is 0 Å². The summed E-state index contributed by atoms with van der Waals surface area (Å²) in [7, 11) is -2.45. The number of benzene rings is 1. The van der Waals surface area contributed by atoms with Crippen molar-refractivity contribution >= 4 is 8.25 Å². The van der Waals surface area contributed by atoms with Gasteiger partial charge in [-0.05, 0) is 30.5 Å². The van der Waals surface area contributed by atoms with Gasteiger partial charge in [-0.3, -0.25) is 0 Å². The second-order valence-corrected chi connectivity index (χ2v) is 5.31. The molecule has 0 radical (unpaired) electrons. The summed E-state index contributed by atoms with van der Waals surface area (Å²) in [6, 6.07) is 7.94. The monoisotopic (exact) mass is 301 g/mol. The molecule has 6 heteroatoms. The Morgan fingerprint density at radius 3 is 2.50 bits per heavy atom.